The number of rotatable bonds is 6. The van der Waals surface area contributed by atoms with E-state index in [9.17, 15) is 4.79 Å². The van der Waals surface area contributed by atoms with Gasteiger partial charge >= 0.3 is 5.97 Å². The van der Waals surface area contributed by atoms with Crippen molar-refractivity contribution in [2.75, 3.05) is 0 Å². The molecule has 0 saturated heterocycles. The highest BCUT2D eigenvalue weighted by molar-refractivity contribution is 5.86. The maximum atomic E-state index is 10.9. The molecule has 1 N–H and O–H groups in total. The summed E-state index contributed by atoms with van der Waals surface area (Å²) in [6.07, 6.45) is 3.24. The van der Waals surface area contributed by atoms with Crippen LogP contribution in [0.4, 0.5) is 0 Å². The zero-order valence-corrected chi connectivity index (χ0v) is 14.6. The van der Waals surface area contributed by atoms with Gasteiger partial charge in [0, 0.05) is 5.57 Å². The van der Waals surface area contributed by atoms with E-state index in [1.54, 1.807) is 0 Å². The fourth-order valence-electron chi connectivity index (χ4n) is 3.08. The Morgan fingerprint density at radius 3 is 2.21 bits per heavy atom. The molecule has 0 aromatic heterocycles. The predicted octanol–water partition coefficient (Wildman–Crippen LogP) is 5.46. The topological polar surface area (TPSA) is 37.3 Å². The lowest BCUT2D eigenvalue weighted by Gasteiger charge is -2.16. The van der Waals surface area contributed by atoms with Crippen LogP contribution >= 0.6 is 0 Å². The Labute approximate surface area is 144 Å². The van der Waals surface area contributed by atoms with Crippen LogP contribution in [0, 0.1) is 20.8 Å². The number of carbonyl (C=O) groups is 1. The zero-order chi connectivity index (χ0) is 17.7. The van der Waals surface area contributed by atoms with Gasteiger partial charge in [-0.25, -0.2) is 4.79 Å². The van der Waals surface area contributed by atoms with Crippen molar-refractivity contribution in [1.29, 1.82) is 0 Å². The summed E-state index contributed by atoms with van der Waals surface area (Å²) in [6.45, 7) is 9.97. The molecule has 2 rings (SSSR count). The molecule has 0 fully saturated rings. The molecule has 0 aliphatic carbocycles. The lowest BCUT2D eigenvalue weighted by atomic mass is 9.88. The minimum absolute atomic E-state index is 0.246. The summed E-state index contributed by atoms with van der Waals surface area (Å²) in [5, 5.41) is 8.98. The van der Waals surface area contributed by atoms with E-state index in [-0.39, 0.29) is 5.57 Å². The summed E-state index contributed by atoms with van der Waals surface area (Å²) in [6, 6.07) is 14.6. The maximum absolute atomic E-state index is 10.9. The molecule has 2 aromatic rings. The third-order valence-corrected chi connectivity index (χ3v) is 4.13. The van der Waals surface area contributed by atoms with E-state index in [4.69, 9.17) is 5.11 Å². The third kappa shape index (κ3) is 4.23. The van der Waals surface area contributed by atoms with E-state index in [0.29, 0.717) is 12.8 Å². The van der Waals surface area contributed by atoms with Crippen LogP contribution in [-0.2, 0) is 4.79 Å². The summed E-state index contributed by atoms with van der Waals surface area (Å²) < 4.78 is 0. The largest absolute Gasteiger partial charge is 0.478 e. The first kappa shape index (κ1) is 17.7. The second-order valence-electron chi connectivity index (χ2n) is 6.20. The fourth-order valence-corrected chi connectivity index (χ4v) is 3.08. The Morgan fingerprint density at radius 2 is 1.67 bits per heavy atom. The number of hydrogen-bond acceptors (Lipinski definition) is 1. The van der Waals surface area contributed by atoms with Crippen molar-refractivity contribution >= 4 is 11.5 Å². The Balaban J connectivity index is 2.45. The predicted molar refractivity (Wildman–Crippen MR) is 100 cm³/mol. The average molecular weight is 320 g/mol. The van der Waals surface area contributed by atoms with Crippen molar-refractivity contribution in [2.24, 2.45) is 0 Å². The Kier molecular flexibility index (Phi) is 5.75. The van der Waals surface area contributed by atoms with Gasteiger partial charge in [0.05, 0.1) is 0 Å². The van der Waals surface area contributed by atoms with E-state index in [1.165, 1.54) is 22.3 Å². The molecule has 0 atom stereocenters. The monoisotopic (exact) mass is 320 g/mol. The molecule has 2 heteroatoms. The molecule has 0 unspecified atom stereocenters. The van der Waals surface area contributed by atoms with Crippen LogP contribution in [-0.4, -0.2) is 11.1 Å². The van der Waals surface area contributed by atoms with Crippen molar-refractivity contribution < 1.29 is 9.90 Å². The molecule has 0 amide bonds. The van der Waals surface area contributed by atoms with Crippen molar-refractivity contribution in [3.8, 4) is 0 Å². The first-order chi connectivity index (χ1) is 11.4. The van der Waals surface area contributed by atoms with Gasteiger partial charge in [-0.05, 0) is 61.4 Å². The second-order valence-corrected chi connectivity index (χ2v) is 6.20. The quantitative estimate of drug-likeness (QED) is 0.717. The minimum atomic E-state index is -0.924. The van der Waals surface area contributed by atoms with E-state index in [0.717, 1.165) is 11.1 Å². The van der Waals surface area contributed by atoms with Crippen LogP contribution in [0.1, 0.15) is 40.7 Å². The van der Waals surface area contributed by atoms with E-state index >= 15 is 0 Å². The molecular weight excluding hydrogens is 296 g/mol. The highest BCUT2D eigenvalue weighted by atomic mass is 16.4. The molecule has 0 spiro atoms. The van der Waals surface area contributed by atoms with Gasteiger partial charge in [-0.3, -0.25) is 0 Å². The molecule has 2 aromatic carbocycles. The molecule has 0 saturated carbocycles. The van der Waals surface area contributed by atoms with Crippen molar-refractivity contribution in [3.63, 3.8) is 0 Å². The Hall–Kier alpha value is -2.61. The van der Waals surface area contributed by atoms with E-state index in [1.807, 2.05) is 18.2 Å². The first-order valence-electron chi connectivity index (χ1n) is 8.15. The number of carboxylic acid groups (broad SMARTS) is 1. The molecule has 24 heavy (non-hydrogen) atoms. The molecule has 0 bridgehead atoms. The summed E-state index contributed by atoms with van der Waals surface area (Å²) in [5.41, 5.74) is 7.50. The molecule has 124 valence electrons. The maximum Gasteiger partial charge on any atom is 0.330 e. The normalized spacial score (nSPS) is 11.4. The molecule has 2 nitrogen and oxygen atoms in total. The number of aliphatic carboxylic acids is 1. The third-order valence-electron chi connectivity index (χ3n) is 4.13. The van der Waals surface area contributed by atoms with Crippen LogP contribution in [0.5, 0.6) is 0 Å². The van der Waals surface area contributed by atoms with Crippen LogP contribution in [0.2, 0.25) is 0 Å². The van der Waals surface area contributed by atoms with Crippen LogP contribution in [0.25, 0.3) is 5.57 Å². The first-order valence-corrected chi connectivity index (χ1v) is 8.15. The minimum Gasteiger partial charge on any atom is -0.478 e. The number of aryl methyl sites for hydroxylation is 3. The summed E-state index contributed by atoms with van der Waals surface area (Å²) >= 11 is 0. The van der Waals surface area contributed by atoms with Crippen LogP contribution < -0.4 is 0 Å². The standard InChI is InChI=1S/C22H24O2/c1-15-13-17(3)21(18(4)14-15)20(19-10-6-5-7-11-19)12-8-9-16(2)22(23)24/h5-7,10-14H,2,8-9H2,1,3-4H3,(H,23,24). The molecule has 0 radical (unpaired) electrons. The highest BCUT2D eigenvalue weighted by Gasteiger charge is 2.12. The lowest BCUT2D eigenvalue weighted by molar-refractivity contribution is -0.132. The number of allylic oxidation sites excluding steroid dienone is 1. The number of hydrogen-bond donors (Lipinski definition) is 1. The van der Waals surface area contributed by atoms with Gasteiger partial charge in [-0.1, -0.05) is 60.7 Å². The van der Waals surface area contributed by atoms with Crippen LogP contribution in [0.15, 0.2) is 60.7 Å². The second kappa shape index (κ2) is 7.78. The van der Waals surface area contributed by atoms with Gasteiger partial charge in [0.25, 0.3) is 0 Å². The molecular formula is C22H24O2. The number of benzene rings is 2. The lowest BCUT2D eigenvalue weighted by Crippen LogP contribution is -1.99. The summed E-state index contributed by atoms with van der Waals surface area (Å²) in [5.74, 6) is -0.924. The Bertz CT molecular complexity index is 760. The van der Waals surface area contributed by atoms with Gasteiger partial charge in [-0.2, -0.15) is 0 Å². The zero-order valence-electron chi connectivity index (χ0n) is 14.6. The summed E-state index contributed by atoms with van der Waals surface area (Å²) in [7, 11) is 0. The van der Waals surface area contributed by atoms with Crippen molar-refractivity contribution in [2.45, 2.75) is 33.6 Å². The van der Waals surface area contributed by atoms with Crippen molar-refractivity contribution in [1.82, 2.24) is 0 Å². The SMILES string of the molecule is C=C(CCC=C(c1ccccc1)c1c(C)cc(C)cc1C)C(=O)O. The Morgan fingerprint density at radius 1 is 1.08 bits per heavy atom. The fraction of sp³-hybridized carbons (Fsp3) is 0.227. The van der Waals surface area contributed by atoms with E-state index < -0.39 is 5.97 Å². The highest BCUT2D eigenvalue weighted by Crippen LogP contribution is 2.30. The number of carboxylic acids is 1. The van der Waals surface area contributed by atoms with Gasteiger partial charge in [0.1, 0.15) is 0 Å². The summed E-state index contributed by atoms with van der Waals surface area (Å²) in [4.78, 5) is 10.9. The molecule has 0 aliphatic heterocycles. The molecule has 0 aliphatic rings. The smallest absolute Gasteiger partial charge is 0.330 e. The van der Waals surface area contributed by atoms with Gasteiger partial charge < -0.3 is 5.11 Å². The average Bonchev–Trinajstić information content (AvgIpc) is 2.53. The van der Waals surface area contributed by atoms with Crippen LogP contribution in [0.3, 0.4) is 0 Å². The van der Waals surface area contributed by atoms with E-state index in [2.05, 4.69) is 57.7 Å². The van der Waals surface area contributed by atoms with Gasteiger partial charge in [0.2, 0.25) is 0 Å². The van der Waals surface area contributed by atoms with Gasteiger partial charge in [0.15, 0.2) is 0 Å². The van der Waals surface area contributed by atoms with Crippen molar-refractivity contribution in [3.05, 3.63) is 88.5 Å². The van der Waals surface area contributed by atoms with Gasteiger partial charge in [-0.15, -0.1) is 0 Å². The molecule has 0 heterocycles.